The van der Waals surface area contributed by atoms with Crippen LogP contribution in [0, 0.1) is 18.7 Å². The van der Waals surface area contributed by atoms with Crippen LogP contribution >= 0.6 is 11.6 Å². The van der Waals surface area contributed by atoms with Crippen LogP contribution in [-0.4, -0.2) is 34.5 Å². The van der Waals surface area contributed by atoms with Gasteiger partial charge < -0.3 is 15.2 Å². The number of aryl methyl sites for hydroxylation is 1. The average molecular weight is 457 g/mol. The number of amides is 2. The Morgan fingerprint density at radius 2 is 2.06 bits per heavy atom. The highest BCUT2D eigenvalue weighted by Gasteiger charge is 2.30. The van der Waals surface area contributed by atoms with Crippen molar-refractivity contribution in [3.8, 4) is 11.3 Å². The third-order valence-electron chi connectivity index (χ3n) is 5.64. The smallest absolute Gasteiger partial charge is 0.257 e. The van der Waals surface area contributed by atoms with E-state index in [2.05, 4.69) is 20.8 Å². The van der Waals surface area contributed by atoms with Crippen molar-refractivity contribution in [2.75, 3.05) is 6.54 Å². The number of rotatable bonds is 6. The molecular weight excluding hydrogens is 435 g/mol. The molecule has 32 heavy (non-hydrogen) atoms. The highest BCUT2D eigenvalue weighted by atomic mass is 35.5. The monoisotopic (exact) mass is 456 g/mol. The van der Waals surface area contributed by atoms with Crippen molar-refractivity contribution in [1.82, 2.24) is 20.8 Å². The first-order chi connectivity index (χ1) is 15.4. The van der Waals surface area contributed by atoms with Gasteiger partial charge in [-0.1, -0.05) is 22.8 Å². The molecule has 7 nitrogen and oxygen atoms in total. The Labute approximate surface area is 189 Å². The summed E-state index contributed by atoms with van der Waals surface area (Å²) in [5.74, 6) is -0.606. The molecular formula is C23H22ClFN4O3. The Kier molecular flexibility index (Phi) is 6.50. The second-order valence-electron chi connectivity index (χ2n) is 7.86. The van der Waals surface area contributed by atoms with Gasteiger partial charge in [-0.25, -0.2) is 4.39 Å². The van der Waals surface area contributed by atoms with Gasteiger partial charge in [-0.3, -0.25) is 14.6 Å². The van der Waals surface area contributed by atoms with E-state index in [0.717, 1.165) is 19.3 Å². The zero-order chi connectivity index (χ0) is 22.7. The second kappa shape index (κ2) is 9.48. The van der Waals surface area contributed by atoms with E-state index in [4.69, 9.17) is 16.1 Å². The number of pyridine rings is 1. The molecule has 1 aliphatic rings. The maximum atomic E-state index is 14.4. The SMILES string of the molecule is Cc1onc(-c2c(F)cccc2Cl)c1C(=O)NC1CCC(CNC(=O)c2cccnc2)C1. The normalized spacial score (nSPS) is 17.8. The number of carbonyl (C=O) groups is 2. The summed E-state index contributed by atoms with van der Waals surface area (Å²) >= 11 is 6.15. The third-order valence-corrected chi connectivity index (χ3v) is 5.96. The molecule has 2 unspecified atom stereocenters. The van der Waals surface area contributed by atoms with Gasteiger partial charge >= 0.3 is 0 Å². The summed E-state index contributed by atoms with van der Waals surface area (Å²) in [5.41, 5.74) is 0.808. The van der Waals surface area contributed by atoms with Crippen molar-refractivity contribution < 1.29 is 18.5 Å². The van der Waals surface area contributed by atoms with Crippen LogP contribution in [0.1, 0.15) is 45.7 Å². The summed E-state index contributed by atoms with van der Waals surface area (Å²) < 4.78 is 19.6. The van der Waals surface area contributed by atoms with Crippen LogP contribution in [0.25, 0.3) is 11.3 Å². The van der Waals surface area contributed by atoms with Crippen LogP contribution in [0.3, 0.4) is 0 Å². The number of halogens is 2. The number of hydrogen-bond acceptors (Lipinski definition) is 5. The minimum Gasteiger partial charge on any atom is -0.360 e. The molecule has 2 N–H and O–H groups in total. The summed E-state index contributed by atoms with van der Waals surface area (Å²) in [6.07, 6.45) is 5.50. The molecule has 2 atom stereocenters. The maximum Gasteiger partial charge on any atom is 0.257 e. The zero-order valence-corrected chi connectivity index (χ0v) is 18.2. The quantitative estimate of drug-likeness (QED) is 0.580. The van der Waals surface area contributed by atoms with E-state index >= 15 is 0 Å². The molecule has 1 fully saturated rings. The van der Waals surface area contributed by atoms with Gasteiger partial charge in [0.2, 0.25) is 0 Å². The van der Waals surface area contributed by atoms with Crippen LogP contribution in [0.15, 0.2) is 47.2 Å². The average Bonchev–Trinajstić information content (AvgIpc) is 3.39. The number of hydrogen-bond donors (Lipinski definition) is 2. The molecule has 1 saturated carbocycles. The third kappa shape index (κ3) is 4.65. The predicted octanol–water partition coefficient (Wildman–Crippen LogP) is 4.17. The molecule has 0 radical (unpaired) electrons. The molecule has 0 bridgehead atoms. The van der Waals surface area contributed by atoms with E-state index in [0.29, 0.717) is 12.1 Å². The molecule has 0 saturated heterocycles. The van der Waals surface area contributed by atoms with Gasteiger partial charge in [0.15, 0.2) is 0 Å². The molecule has 2 heterocycles. The van der Waals surface area contributed by atoms with Crippen molar-refractivity contribution in [1.29, 1.82) is 0 Å². The van der Waals surface area contributed by atoms with Gasteiger partial charge in [-0.15, -0.1) is 0 Å². The van der Waals surface area contributed by atoms with Crippen LogP contribution in [0.4, 0.5) is 4.39 Å². The number of benzene rings is 1. The molecule has 1 aliphatic carbocycles. The summed E-state index contributed by atoms with van der Waals surface area (Å²) in [6, 6.07) is 7.63. The number of nitrogens with one attached hydrogen (secondary N) is 2. The lowest BCUT2D eigenvalue weighted by Gasteiger charge is -2.14. The van der Waals surface area contributed by atoms with Crippen molar-refractivity contribution in [3.63, 3.8) is 0 Å². The first kappa shape index (κ1) is 22.0. The van der Waals surface area contributed by atoms with Crippen molar-refractivity contribution in [2.45, 2.75) is 32.2 Å². The largest absolute Gasteiger partial charge is 0.360 e. The second-order valence-corrected chi connectivity index (χ2v) is 8.27. The Hall–Kier alpha value is -3.26. The highest BCUT2D eigenvalue weighted by molar-refractivity contribution is 6.33. The van der Waals surface area contributed by atoms with Crippen molar-refractivity contribution in [2.24, 2.45) is 5.92 Å². The topological polar surface area (TPSA) is 97.1 Å². The fourth-order valence-electron chi connectivity index (χ4n) is 4.02. The summed E-state index contributed by atoms with van der Waals surface area (Å²) in [6.45, 7) is 2.12. The van der Waals surface area contributed by atoms with Gasteiger partial charge in [0, 0.05) is 25.0 Å². The minimum absolute atomic E-state index is 0.0404. The molecule has 2 aromatic heterocycles. The molecule has 1 aromatic carbocycles. The van der Waals surface area contributed by atoms with Gasteiger partial charge in [0.25, 0.3) is 11.8 Å². The fraction of sp³-hybridized carbons (Fsp3) is 0.304. The van der Waals surface area contributed by atoms with Gasteiger partial charge in [-0.05, 0) is 56.4 Å². The first-order valence-electron chi connectivity index (χ1n) is 10.3. The zero-order valence-electron chi connectivity index (χ0n) is 17.4. The van der Waals surface area contributed by atoms with E-state index in [1.54, 1.807) is 25.3 Å². The predicted molar refractivity (Wildman–Crippen MR) is 117 cm³/mol. The molecule has 3 aromatic rings. The molecule has 2 amide bonds. The van der Waals surface area contributed by atoms with Crippen molar-refractivity contribution >= 4 is 23.4 Å². The minimum atomic E-state index is -0.579. The van der Waals surface area contributed by atoms with E-state index in [-0.39, 0.29) is 51.4 Å². The number of nitrogens with zero attached hydrogens (tertiary/aromatic N) is 2. The maximum absolute atomic E-state index is 14.4. The first-order valence-corrected chi connectivity index (χ1v) is 10.7. The Morgan fingerprint density at radius 3 is 2.81 bits per heavy atom. The Bertz CT molecular complexity index is 1120. The van der Waals surface area contributed by atoms with E-state index in [9.17, 15) is 14.0 Å². The van der Waals surface area contributed by atoms with Gasteiger partial charge in [0.1, 0.15) is 22.8 Å². The lowest BCUT2D eigenvalue weighted by Crippen LogP contribution is -2.34. The fourth-order valence-corrected chi connectivity index (χ4v) is 4.27. The lowest BCUT2D eigenvalue weighted by molar-refractivity contribution is 0.0926. The highest BCUT2D eigenvalue weighted by Crippen LogP contribution is 2.34. The van der Waals surface area contributed by atoms with Crippen LogP contribution in [-0.2, 0) is 0 Å². The molecule has 4 rings (SSSR count). The van der Waals surface area contributed by atoms with Crippen molar-refractivity contribution in [3.05, 3.63) is 70.5 Å². The van der Waals surface area contributed by atoms with Crippen LogP contribution < -0.4 is 10.6 Å². The summed E-state index contributed by atoms with van der Waals surface area (Å²) in [4.78, 5) is 29.2. The van der Waals surface area contributed by atoms with Crippen LogP contribution in [0.2, 0.25) is 5.02 Å². The molecule has 0 aliphatic heterocycles. The van der Waals surface area contributed by atoms with Crippen LogP contribution in [0.5, 0.6) is 0 Å². The van der Waals surface area contributed by atoms with Gasteiger partial charge in [-0.2, -0.15) is 0 Å². The number of carbonyl (C=O) groups excluding carboxylic acids is 2. The molecule has 166 valence electrons. The Morgan fingerprint density at radius 1 is 1.22 bits per heavy atom. The van der Waals surface area contributed by atoms with E-state index in [1.807, 2.05) is 0 Å². The summed E-state index contributed by atoms with van der Waals surface area (Å²) in [5, 5.41) is 9.95. The number of aromatic nitrogens is 2. The standard InChI is InChI=1S/C23H22ClFN4O3/c1-13-19(21(29-32-13)20-17(24)5-2-6-18(20)25)23(31)28-16-8-7-14(10-16)11-27-22(30)15-4-3-9-26-12-15/h2-6,9,12,14,16H,7-8,10-11H2,1H3,(H,27,30)(H,28,31). The molecule has 9 heteroatoms. The van der Waals surface area contributed by atoms with E-state index in [1.165, 1.54) is 24.4 Å². The molecule has 0 spiro atoms. The van der Waals surface area contributed by atoms with Gasteiger partial charge in [0.05, 0.1) is 16.1 Å². The Balaban J connectivity index is 1.38. The lowest BCUT2D eigenvalue weighted by atomic mass is 10.0. The summed E-state index contributed by atoms with van der Waals surface area (Å²) in [7, 11) is 0. The van der Waals surface area contributed by atoms with E-state index < -0.39 is 5.82 Å².